The number of nitrogens with zero attached hydrogens (tertiary/aromatic N) is 1. The number of amides is 1. The summed E-state index contributed by atoms with van der Waals surface area (Å²) in [4.78, 5) is 32.8. The highest BCUT2D eigenvalue weighted by atomic mass is 32.1. The van der Waals surface area contributed by atoms with Crippen LogP contribution >= 0.6 is 12.6 Å². The highest BCUT2D eigenvalue weighted by Gasteiger charge is 2.24. The summed E-state index contributed by atoms with van der Waals surface area (Å²) >= 11 is 3.89. The Morgan fingerprint density at radius 3 is 2.58 bits per heavy atom. The summed E-state index contributed by atoms with van der Waals surface area (Å²) in [5.74, 6) is -1.73. The van der Waals surface area contributed by atoms with Crippen molar-refractivity contribution in [2.24, 2.45) is 0 Å². The monoisotopic (exact) mass is 284 g/mol. The lowest BCUT2D eigenvalue weighted by Crippen LogP contribution is -2.41. The summed E-state index contributed by atoms with van der Waals surface area (Å²) in [7, 11) is 0. The van der Waals surface area contributed by atoms with Crippen molar-refractivity contribution in [2.75, 3.05) is 5.75 Å². The molecule has 0 fully saturated rings. The lowest BCUT2D eigenvalue weighted by atomic mass is 10.1. The number of rotatable bonds is 6. The summed E-state index contributed by atoms with van der Waals surface area (Å²) in [6, 6.07) is 4.23. The number of carbonyl (C=O) groups excluding carboxylic acids is 1. The number of nitro groups is 1. The van der Waals surface area contributed by atoms with Crippen LogP contribution in [-0.4, -0.2) is 33.7 Å². The zero-order chi connectivity index (χ0) is 14.4. The van der Waals surface area contributed by atoms with Gasteiger partial charge in [0.05, 0.1) is 4.92 Å². The lowest BCUT2D eigenvalue weighted by Gasteiger charge is -2.13. The van der Waals surface area contributed by atoms with E-state index in [1.807, 2.05) is 0 Å². The van der Waals surface area contributed by atoms with Crippen LogP contribution in [-0.2, 0) is 4.79 Å². The molecule has 1 amide bonds. The molecule has 0 radical (unpaired) electrons. The zero-order valence-electron chi connectivity index (χ0n) is 9.78. The quantitative estimate of drug-likeness (QED) is 0.411. The van der Waals surface area contributed by atoms with Crippen molar-refractivity contribution in [3.8, 4) is 0 Å². The first-order valence-electron chi connectivity index (χ1n) is 5.35. The van der Waals surface area contributed by atoms with Crippen LogP contribution in [0.25, 0.3) is 0 Å². The van der Waals surface area contributed by atoms with Crippen LogP contribution in [0, 0.1) is 10.1 Å². The van der Waals surface area contributed by atoms with Gasteiger partial charge in [-0.3, -0.25) is 14.9 Å². The van der Waals surface area contributed by atoms with E-state index in [0.29, 0.717) is 0 Å². The van der Waals surface area contributed by atoms with E-state index in [0.717, 1.165) is 0 Å². The van der Waals surface area contributed by atoms with Gasteiger partial charge in [-0.15, -0.1) is 0 Å². The van der Waals surface area contributed by atoms with Gasteiger partial charge < -0.3 is 10.4 Å². The highest BCUT2D eigenvalue weighted by Crippen LogP contribution is 2.17. The van der Waals surface area contributed by atoms with Gasteiger partial charge in [-0.2, -0.15) is 12.6 Å². The lowest BCUT2D eigenvalue weighted by molar-refractivity contribution is -0.385. The Morgan fingerprint density at radius 1 is 1.42 bits per heavy atom. The Bertz CT molecular complexity index is 506. The number of nitrogens with one attached hydrogen (secondary N) is 1. The fraction of sp³-hybridized carbons (Fsp3) is 0.273. The Labute approximate surface area is 114 Å². The SMILES string of the molecule is O=C(N[C@@H](CCS)C(=O)O)c1ccccc1[N+](=O)[O-]. The third-order valence-corrected chi connectivity index (χ3v) is 2.62. The fourth-order valence-electron chi connectivity index (χ4n) is 1.45. The molecule has 0 bridgehead atoms. The molecule has 0 aliphatic rings. The van der Waals surface area contributed by atoms with Gasteiger partial charge in [-0.05, 0) is 18.2 Å². The predicted octanol–water partition coefficient (Wildman–Crippen LogP) is 1.10. The van der Waals surface area contributed by atoms with Gasteiger partial charge in [-0.1, -0.05) is 12.1 Å². The topological polar surface area (TPSA) is 110 Å². The smallest absolute Gasteiger partial charge is 0.326 e. The number of thiol groups is 1. The molecule has 1 atom stereocenters. The van der Waals surface area contributed by atoms with E-state index < -0.39 is 22.8 Å². The van der Waals surface area contributed by atoms with Crippen molar-refractivity contribution in [1.82, 2.24) is 5.32 Å². The Kier molecular flexibility index (Phi) is 5.31. The number of nitro benzene ring substituents is 1. The van der Waals surface area contributed by atoms with Gasteiger partial charge in [0.2, 0.25) is 0 Å². The molecule has 7 nitrogen and oxygen atoms in total. The summed E-state index contributed by atoms with van der Waals surface area (Å²) < 4.78 is 0. The summed E-state index contributed by atoms with van der Waals surface area (Å²) in [5.41, 5.74) is -0.534. The summed E-state index contributed by atoms with van der Waals surface area (Å²) in [6.45, 7) is 0. The number of hydrogen-bond acceptors (Lipinski definition) is 5. The van der Waals surface area contributed by atoms with E-state index in [-0.39, 0.29) is 23.4 Å². The molecule has 0 aliphatic heterocycles. The molecule has 0 spiro atoms. The Balaban J connectivity index is 2.94. The van der Waals surface area contributed by atoms with Gasteiger partial charge in [0.1, 0.15) is 11.6 Å². The van der Waals surface area contributed by atoms with Crippen molar-refractivity contribution in [3.05, 3.63) is 39.9 Å². The third-order valence-electron chi connectivity index (χ3n) is 2.37. The Morgan fingerprint density at radius 2 is 2.05 bits per heavy atom. The number of aliphatic carboxylic acids is 1. The number of para-hydroxylation sites is 1. The molecule has 1 rings (SSSR count). The first-order chi connectivity index (χ1) is 8.97. The normalized spacial score (nSPS) is 11.6. The van der Waals surface area contributed by atoms with E-state index in [1.165, 1.54) is 24.3 Å². The maximum atomic E-state index is 11.9. The molecule has 0 heterocycles. The van der Waals surface area contributed by atoms with Crippen molar-refractivity contribution in [2.45, 2.75) is 12.5 Å². The standard InChI is InChI=1S/C11H12N2O5S/c14-10(12-8(5-6-19)11(15)16)7-3-1-2-4-9(7)13(17)18/h1-4,8,19H,5-6H2,(H,12,14)(H,15,16)/t8-/m0/s1. The first-order valence-corrected chi connectivity index (χ1v) is 5.98. The number of benzene rings is 1. The number of carboxylic acids is 1. The molecule has 0 aliphatic carbocycles. The molecule has 1 aromatic rings. The van der Waals surface area contributed by atoms with Gasteiger partial charge in [0.25, 0.3) is 11.6 Å². The van der Waals surface area contributed by atoms with Crippen LogP contribution in [0.1, 0.15) is 16.8 Å². The second-order valence-electron chi connectivity index (χ2n) is 3.65. The second kappa shape index (κ2) is 6.74. The molecule has 0 saturated carbocycles. The van der Waals surface area contributed by atoms with Crippen LogP contribution in [0.15, 0.2) is 24.3 Å². The van der Waals surface area contributed by atoms with Crippen LogP contribution in [0.4, 0.5) is 5.69 Å². The van der Waals surface area contributed by atoms with Gasteiger partial charge >= 0.3 is 5.97 Å². The number of carbonyl (C=O) groups is 2. The molecular weight excluding hydrogens is 272 g/mol. The maximum Gasteiger partial charge on any atom is 0.326 e. The highest BCUT2D eigenvalue weighted by molar-refractivity contribution is 7.80. The van der Waals surface area contributed by atoms with Crippen molar-refractivity contribution in [3.63, 3.8) is 0 Å². The third kappa shape index (κ3) is 3.95. The molecule has 19 heavy (non-hydrogen) atoms. The molecule has 1 aromatic carbocycles. The minimum absolute atomic E-state index is 0.130. The van der Waals surface area contributed by atoms with Crippen molar-refractivity contribution >= 4 is 30.2 Å². The summed E-state index contributed by atoms with van der Waals surface area (Å²) in [5, 5.41) is 21.9. The molecule has 0 saturated heterocycles. The molecular formula is C11H12N2O5S. The number of hydrogen-bond donors (Lipinski definition) is 3. The van der Waals surface area contributed by atoms with Crippen molar-refractivity contribution < 1.29 is 19.6 Å². The second-order valence-corrected chi connectivity index (χ2v) is 4.10. The first kappa shape index (κ1) is 15.0. The predicted molar refractivity (Wildman–Crippen MR) is 70.5 cm³/mol. The van der Waals surface area contributed by atoms with Crippen LogP contribution in [0.5, 0.6) is 0 Å². The molecule has 0 unspecified atom stereocenters. The Hall–Kier alpha value is -2.09. The molecule has 102 valence electrons. The molecule has 0 aromatic heterocycles. The van der Waals surface area contributed by atoms with Gasteiger partial charge in [0, 0.05) is 6.07 Å². The minimum atomic E-state index is -1.21. The van der Waals surface area contributed by atoms with E-state index in [9.17, 15) is 19.7 Å². The number of carboxylic acid groups (broad SMARTS) is 1. The average molecular weight is 284 g/mol. The largest absolute Gasteiger partial charge is 0.480 e. The van der Waals surface area contributed by atoms with Gasteiger partial charge in [-0.25, -0.2) is 4.79 Å². The summed E-state index contributed by atoms with van der Waals surface area (Å²) in [6.07, 6.45) is 0.130. The zero-order valence-corrected chi connectivity index (χ0v) is 10.7. The van der Waals surface area contributed by atoms with Crippen LogP contribution in [0.3, 0.4) is 0 Å². The molecule has 8 heteroatoms. The van der Waals surface area contributed by atoms with E-state index in [4.69, 9.17) is 5.11 Å². The van der Waals surface area contributed by atoms with Crippen LogP contribution in [0.2, 0.25) is 0 Å². The van der Waals surface area contributed by atoms with Gasteiger partial charge in [0.15, 0.2) is 0 Å². The fourth-order valence-corrected chi connectivity index (χ4v) is 1.71. The molecule has 2 N–H and O–H groups in total. The van der Waals surface area contributed by atoms with E-state index >= 15 is 0 Å². The van der Waals surface area contributed by atoms with Crippen molar-refractivity contribution in [1.29, 1.82) is 0 Å². The average Bonchev–Trinajstić information content (AvgIpc) is 2.37. The maximum absolute atomic E-state index is 11.9. The van der Waals surface area contributed by atoms with Crippen LogP contribution < -0.4 is 5.32 Å². The van der Waals surface area contributed by atoms with E-state index in [1.54, 1.807) is 0 Å². The van der Waals surface area contributed by atoms with E-state index in [2.05, 4.69) is 17.9 Å². The minimum Gasteiger partial charge on any atom is -0.480 e.